The number of carbonyl (C=O) groups is 2. The standard InChI is InChI=1S/C16H23N3O2S/c20-15(18-13-4-1-2-7-17-16(13)21)10-19-8-3-5-14(19)12-6-9-22-11-12/h6,9,11,13-14H,1-5,7-8,10H2,(H,17,21)(H,18,20)/t13-,14+/m0/s1. The lowest BCUT2D eigenvalue weighted by Gasteiger charge is -2.24. The molecule has 2 saturated heterocycles. The van der Waals surface area contributed by atoms with Gasteiger partial charge in [0.15, 0.2) is 0 Å². The lowest BCUT2D eigenvalue weighted by atomic mass is 10.1. The second-order valence-corrected chi connectivity index (χ2v) is 6.87. The van der Waals surface area contributed by atoms with Gasteiger partial charge in [0.2, 0.25) is 11.8 Å². The van der Waals surface area contributed by atoms with E-state index in [2.05, 4.69) is 32.4 Å². The second-order valence-electron chi connectivity index (χ2n) is 6.09. The van der Waals surface area contributed by atoms with Crippen molar-refractivity contribution >= 4 is 23.2 Å². The zero-order valence-electron chi connectivity index (χ0n) is 12.7. The molecular weight excluding hydrogens is 298 g/mol. The van der Waals surface area contributed by atoms with Crippen molar-refractivity contribution < 1.29 is 9.59 Å². The van der Waals surface area contributed by atoms with E-state index in [1.54, 1.807) is 11.3 Å². The Kier molecular flexibility index (Phi) is 5.10. The van der Waals surface area contributed by atoms with Gasteiger partial charge in [0, 0.05) is 12.6 Å². The number of amides is 2. The monoisotopic (exact) mass is 321 g/mol. The van der Waals surface area contributed by atoms with Gasteiger partial charge in [-0.2, -0.15) is 11.3 Å². The molecule has 2 N–H and O–H groups in total. The maximum absolute atomic E-state index is 12.3. The van der Waals surface area contributed by atoms with Crippen molar-refractivity contribution in [2.24, 2.45) is 0 Å². The summed E-state index contributed by atoms with van der Waals surface area (Å²) in [4.78, 5) is 26.4. The van der Waals surface area contributed by atoms with Crippen molar-refractivity contribution in [3.63, 3.8) is 0 Å². The minimum absolute atomic E-state index is 0.0378. The van der Waals surface area contributed by atoms with Gasteiger partial charge in [0.25, 0.3) is 0 Å². The molecule has 1 aromatic rings. The van der Waals surface area contributed by atoms with Crippen LogP contribution in [0.5, 0.6) is 0 Å². The van der Waals surface area contributed by atoms with Gasteiger partial charge in [-0.3, -0.25) is 14.5 Å². The lowest BCUT2D eigenvalue weighted by Crippen LogP contribution is -2.48. The summed E-state index contributed by atoms with van der Waals surface area (Å²) < 4.78 is 0. The molecule has 22 heavy (non-hydrogen) atoms. The fraction of sp³-hybridized carbons (Fsp3) is 0.625. The van der Waals surface area contributed by atoms with Crippen LogP contribution < -0.4 is 10.6 Å². The molecule has 0 radical (unpaired) electrons. The van der Waals surface area contributed by atoms with Crippen LogP contribution in [0.4, 0.5) is 0 Å². The van der Waals surface area contributed by atoms with Gasteiger partial charge >= 0.3 is 0 Å². The number of nitrogens with one attached hydrogen (secondary N) is 2. The first-order chi connectivity index (χ1) is 10.7. The van der Waals surface area contributed by atoms with Gasteiger partial charge in [-0.1, -0.05) is 0 Å². The van der Waals surface area contributed by atoms with Crippen LogP contribution in [0.1, 0.15) is 43.7 Å². The molecule has 2 aliphatic rings. The van der Waals surface area contributed by atoms with Crippen molar-refractivity contribution in [2.45, 2.75) is 44.2 Å². The molecule has 5 nitrogen and oxygen atoms in total. The molecule has 0 saturated carbocycles. The summed E-state index contributed by atoms with van der Waals surface area (Å²) in [7, 11) is 0. The summed E-state index contributed by atoms with van der Waals surface area (Å²) >= 11 is 1.70. The van der Waals surface area contributed by atoms with E-state index in [4.69, 9.17) is 0 Å². The van der Waals surface area contributed by atoms with Crippen LogP contribution in [0.2, 0.25) is 0 Å². The van der Waals surface area contributed by atoms with Crippen molar-refractivity contribution in [3.8, 4) is 0 Å². The van der Waals surface area contributed by atoms with Crippen LogP contribution in [0.15, 0.2) is 16.8 Å². The highest BCUT2D eigenvalue weighted by atomic mass is 32.1. The summed E-state index contributed by atoms with van der Waals surface area (Å²) in [6, 6.07) is 2.13. The maximum Gasteiger partial charge on any atom is 0.242 e. The van der Waals surface area contributed by atoms with E-state index < -0.39 is 0 Å². The average Bonchev–Trinajstić information content (AvgIpc) is 3.12. The molecular formula is C16H23N3O2S. The molecule has 1 aromatic heterocycles. The number of nitrogens with zero attached hydrogens (tertiary/aromatic N) is 1. The number of carbonyl (C=O) groups excluding carboxylic acids is 2. The molecule has 2 fully saturated rings. The normalized spacial score (nSPS) is 26.5. The Labute approximate surface area is 135 Å². The molecule has 2 aliphatic heterocycles. The Morgan fingerprint density at radius 3 is 3.09 bits per heavy atom. The highest BCUT2D eigenvalue weighted by Gasteiger charge is 2.29. The zero-order valence-corrected chi connectivity index (χ0v) is 13.5. The minimum Gasteiger partial charge on any atom is -0.354 e. The van der Waals surface area contributed by atoms with Crippen molar-refractivity contribution in [3.05, 3.63) is 22.4 Å². The van der Waals surface area contributed by atoms with Gasteiger partial charge in [-0.15, -0.1) is 0 Å². The molecule has 0 spiro atoms. The van der Waals surface area contributed by atoms with E-state index in [0.29, 0.717) is 12.6 Å². The molecule has 0 aromatic carbocycles. The summed E-state index contributed by atoms with van der Waals surface area (Å²) in [5.74, 6) is -0.0779. The summed E-state index contributed by atoms with van der Waals surface area (Å²) in [5.41, 5.74) is 1.31. The summed E-state index contributed by atoms with van der Waals surface area (Å²) in [6.07, 6.45) is 4.94. The summed E-state index contributed by atoms with van der Waals surface area (Å²) in [6.45, 7) is 2.05. The molecule has 0 unspecified atom stereocenters. The third-order valence-electron chi connectivity index (χ3n) is 4.51. The molecule has 0 aliphatic carbocycles. The van der Waals surface area contributed by atoms with Gasteiger partial charge in [-0.05, 0) is 61.0 Å². The van der Waals surface area contributed by atoms with Gasteiger partial charge in [0.1, 0.15) is 6.04 Å². The Morgan fingerprint density at radius 2 is 2.27 bits per heavy atom. The smallest absolute Gasteiger partial charge is 0.242 e. The first kappa shape index (κ1) is 15.5. The highest BCUT2D eigenvalue weighted by Crippen LogP contribution is 2.32. The molecule has 2 amide bonds. The first-order valence-electron chi connectivity index (χ1n) is 8.07. The van der Waals surface area contributed by atoms with E-state index in [-0.39, 0.29) is 17.9 Å². The number of likely N-dealkylation sites (tertiary alicyclic amines) is 1. The molecule has 2 atom stereocenters. The van der Waals surface area contributed by atoms with Gasteiger partial charge < -0.3 is 10.6 Å². The predicted molar refractivity (Wildman–Crippen MR) is 86.7 cm³/mol. The Hall–Kier alpha value is -1.40. The van der Waals surface area contributed by atoms with E-state index in [1.165, 1.54) is 5.56 Å². The third kappa shape index (κ3) is 3.67. The van der Waals surface area contributed by atoms with E-state index in [9.17, 15) is 9.59 Å². The highest BCUT2D eigenvalue weighted by molar-refractivity contribution is 7.07. The quantitative estimate of drug-likeness (QED) is 0.887. The molecule has 3 rings (SSSR count). The zero-order chi connectivity index (χ0) is 15.4. The predicted octanol–water partition coefficient (Wildman–Crippen LogP) is 1.67. The van der Waals surface area contributed by atoms with Crippen molar-refractivity contribution in [1.82, 2.24) is 15.5 Å². The van der Waals surface area contributed by atoms with Gasteiger partial charge in [0.05, 0.1) is 6.54 Å². The largest absolute Gasteiger partial charge is 0.354 e. The molecule has 120 valence electrons. The number of thiophene rings is 1. The molecule has 0 bridgehead atoms. The van der Waals surface area contributed by atoms with Crippen LogP contribution in [0.25, 0.3) is 0 Å². The lowest BCUT2D eigenvalue weighted by molar-refractivity contribution is -0.129. The van der Waals surface area contributed by atoms with Crippen LogP contribution in [-0.2, 0) is 9.59 Å². The Bertz CT molecular complexity index is 517. The maximum atomic E-state index is 12.3. The Balaban J connectivity index is 1.55. The van der Waals surface area contributed by atoms with Crippen LogP contribution in [0.3, 0.4) is 0 Å². The van der Waals surface area contributed by atoms with Crippen LogP contribution >= 0.6 is 11.3 Å². The van der Waals surface area contributed by atoms with Gasteiger partial charge in [-0.25, -0.2) is 0 Å². The summed E-state index contributed by atoms with van der Waals surface area (Å²) in [5, 5.41) is 10.0. The topological polar surface area (TPSA) is 61.4 Å². The fourth-order valence-electron chi connectivity index (χ4n) is 3.36. The van der Waals surface area contributed by atoms with Crippen molar-refractivity contribution in [2.75, 3.05) is 19.6 Å². The fourth-order valence-corrected chi connectivity index (χ4v) is 4.07. The SMILES string of the molecule is O=C(CN1CCC[C@@H]1c1ccsc1)N[C@H]1CCCCNC1=O. The van der Waals surface area contributed by atoms with Crippen molar-refractivity contribution in [1.29, 1.82) is 0 Å². The minimum atomic E-state index is -0.364. The second kappa shape index (κ2) is 7.24. The van der Waals surface area contributed by atoms with Crippen LogP contribution in [0, 0.1) is 0 Å². The number of hydrogen-bond acceptors (Lipinski definition) is 4. The Morgan fingerprint density at radius 1 is 1.36 bits per heavy atom. The average molecular weight is 321 g/mol. The van der Waals surface area contributed by atoms with Crippen LogP contribution in [-0.4, -0.2) is 42.4 Å². The number of rotatable bonds is 4. The third-order valence-corrected chi connectivity index (χ3v) is 5.21. The number of hydrogen-bond donors (Lipinski definition) is 2. The van der Waals surface area contributed by atoms with E-state index in [0.717, 1.165) is 45.2 Å². The van der Waals surface area contributed by atoms with E-state index in [1.807, 2.05) is 0 Å². The first-order valence-corrected chi connectivity index (χ1v) is 9.01. The van der Waals surface area contributed by atoms with E-state index >= 15 is 0 Å². The molecule has 3 heterocycles. The molecule has 6 heteroatoms.